The Hall–Kier alpha value is -1.45. The van der Waals surface area contributed by atoms with Gasteiger partial charge in [-0.25, -0.2) is 8.78 Å². The maximum Gasteiger partial charge on any atom is 0.150 e. The van der Waals surface area contributed by atoms with E-state index in [1.165, 1.54) is 0 Å². The van der Waals surface area contributed by atoms with Crippen LogP contribution >= 0.6 is 0 Å². The fraction of sp³-hybridized carbons (Fsp3) is 0.533. The molecule has 0 N–H and O–H groups in total. The Balaban J connectivity index is 2.32. The van der Waals surface area contributed by atoms with Crippen molar-refractivity contribution >= 4 is 12.0 Å². The van der Waals surface area contributed by atoms with Crippen LogP contribution in [0.3, 0.4) is 0 Å². The van der Waals surface area contributed by atoms with Crippen molar-refractivity contribution in [3.8, 4) is 0 Å². The van der Waals surface area contributed by atoms with Crippen LogP contribution in [0.15, 0.2) is 12.1 Å². The maximum absolute atomic E-state index is 14.0. The number of benzene rings is 1. The van der Waals surface area contributed by atoms with E-state index in [2.05, 4.69) is 13.8 Å². The summed E-state index contributed by atoms with van der Waals surface area (Å²) in [6, 6.07) is 2.20. The molecule has 1 aromatic carbocycles. The van der Waals surface area contributed by atoms with E-state index in [9.17, 15) is 13.6 Å². The molecule has 0 bridgehead atoms. The molecule has 0 aromatic heterocycles. The summed E-state index contributed by atoms with van der Waals surface area (Å²) in [6.45, 7) is 5.58. The van der Waals surface area contributed by atoms with Crippen molar-refractivity contribution in [3.63, 3.8) is 0 Å². The van der Waals surface area contributed by atoms with Gasteiger partial charge in [-0.15, -0.1) is 0 Å². The van der Waals surface area contributed by atoms with E-state index in [1.54, 1.807) is 4.90 Å². The Labute approximate surface area is 112 Å². The van der Waals surface area contributed by atoms with Gasteiger partial charge in [0.25, 0.3) is 0 Å². The average Bonchev–Trinajstić information content (AvgIpc) is 2.82. The van der Waals surface area contributed by atoms with Gasteiger partial charge < -0.3 is 4.90 Å². The maximum atomic E-state index is 14.0. The Kier molecular flexibility index (Phi) is 3.88. The molecule has 1 aromatic rings. The molecule has 1 aliphatic rings. The third-order valence-electron chi connectivity index (χ3n) is 4.43. The predicted octanol–water partition coefficient (Wildman–Crippen LogP) is 3.79. The van der Waals surface area contributed by atoms with Crippen molar-refractivity contribution in [2.45, 2.75) is 33.1 Å². The van der Waals surface area contributed by atoms with Crippen molar-refractivity contribution in [2.75, 3.05) is 18.0 Å². The molecule has 1 aliphatic heterocycles. The molecule has 0 spiro atoms. The fourth-order valence-corrected chi connectivity index (χ4v) is 2.91. The number of aldehydes is 1. The highest BCUT2D eigenvalue weighted by Crippen LogP contribution is 2.40. The molecule has 0 aliphatic carbocycles. The largest absolute Gasteiger partial charge is 0.366 e. The van der Waals surface area contributed by atoms with Gasteiger partial charge in [0.2, 0.25) is 0 Å². The van der Waals surface area contributed by atoms with Crippen molar-refractivity contribution < 1.29 is 13.6 Å². The molecular formula is C15H19F2NO. The SMILES string of the molecule is CCC1(CC)CCN(c2c(F)cc(C=O)cc2F)C1. The van der Waals surface area contributed by atoms with Crippen LogP contribution in [0.5, 0.6) is 0 Å². The summed E-state index contributed by atoms with van der Waals surface area (Å²) in [5.41, 5.74) is 0.201. The third kappa shape index (κ3) is 2.48. The van der Waals surface area contributed by atoms with Gasteiger partial charge in [0.05, 0.1) is 0 Å². The summed E-state index contributed by atoms with van der Waals surface area (Å²) in [6.07, 6.45) is 3.43. The van der Waals surface area contributed by atoms with Crippen molar-refractivity contribution in [3.05, 3.63) is 29.3 Å². The molecule has 1 fully saturated rings. The minimum atomic E-state index is -0.648. The smallest absolute Gasteiger partial charge is 0.150 e. The number of carbonyl (C=O) groups excluding carboxylic acids is 1. The molecule has 0 amide bonds. The molecule has 2 rings (SSSR count). The number of carbonyl (C=O) groups is 1. The van der Waals surface area contributed by atoms with Gasteiger partial charge in [-0.05, 0) is 36.8 Å². The molecule has 19 heavy (non-hydrogen) atoms. The lowest BCUT2D eigenvalue weighted by molar-refractivity contribution is 0.112. The zero-order valence-electron chi connectivity index (χ0n) is 11.4. The summed E-state index contributed by atoms with van der Waals surface area (Å²) in [4.78, 5) is 12.4. The summed E-state index contributed by atoms with van der Waals surface area (Å²) in [5, 5.41) is 0. The normalized spacial score (nSPS) is 17.8. The molecule has 104 valence electrons. The lowest BCUT2D eigenvalue weighted by atomic mass is 9.82. The van der Waals surface area contributed by atoms with Gasteiger partial charge in [0.15, 0.2) is 0 Å². The van der Waals surface area contributed by atoms with E-state index in [4.69, 9.17) is 0 Å². The van der Waals surface area contributed by atoms with E-state index in [0.29, 0.717) is 19.4 Å². The highest BCUT2D eigenvalue weighted by Gasteiger charge is 2.36. The number of rotatable bonds is 4. The third-order valence-corrected chi connectivity index (χ3v) is 4.43. The van der Waals surface area contributed by atoms with Crippen molar-refractivity contribution in [1.29, 1.82) is 0 Å². The Morgan fingerprint density at radius 3 is 2.26 bits per heavy atom. The second-order valence-electron chi connectivity index (χ2n) is 5.33. The Morgan fingerprint density at radius 1 is 1.26 bits per heavy atom. The topological polar surface area (TPSA) is 20.3 Å². The number of halogens is 2. The molecule has 2 nitrogen and oxygen atoms in total. The predicted molar refractivity (Wildman–Crippen MR) is 71.6 cm³/mol. The summed E-state index contributed by atoms with van der Waals surface area (Å²) in [7, 11) is 0. The number of hydrogen-bond acceptors (Lipinski definition) is 2. The lowest BCUT2D eigenvalue weighted by Gasteiger charge is -2.27. The molecule has 0 radical (unpaired) electrons. The first-order valence-corrected chi connectivity index (χ1v) is 6.74. The van der Waals surface area contributed by atoms with Gasteiger partial charge >= 0.3 is 0 Å². The molecule has 4 heteroatoms. The van der Waals surface area contributed by atoms with Gasteiger partial charge in [0, 0.05) is 18.7 Å². The van der Waals surface area contributed by atoms with Crippen molar-refractivity contribution in [2.24, 2.45) is 5.41 Å². The zero-order valence-corrected chi connectivity index (χ0v) is 11.4. The van der Waals surface area contributed by atoms with Crippen LogP contribution in [0, 0.1) is 17.0 Å². The Morgan fingerprint density at radius 2 is 1.84 bits per heavy atom. The van der Waals surface area contributed by atoms with E-state index in [-0.39, 0.29) is 16.7 Å². The second kappa shape index (κ2) is 5.27. The van der Waals surface area contributed by atoms with E-state index < -0.39 is 11.6 Å². The van der Waals surface area contributed by atoms with E-state index in [0.717, 1.165) is 31.4 Å². The van der Waals surface area contributed by atoms with Crippen molar-refractivity contribution in [1.82, 2.24) is 0 Å². The molecule has 1 saturated heterocycles. The quantitative estimate of drug-likeness (QED) is 0.773. The Bertz CT molecular complexity index is 460. The standard InChI is InChI=1S/C15H19F2NO/c1-3-15(4-2)5-6-18(10-15)14-12(16)7-11(9-19)8-13(14)17/h7-9H,3-6,10H2,1-2H3. The fourth-order valence-electron chi connectivity index (χ4n) is 2.91. The molecular weight excluding hydrogens is 248 g/mol. The van der Waals surface area contributed by atoms with Gasteiger partial charge in [-0.3, -0.25) is 4.79 Å². The summed E-state index contributed by atoms with van der Waals surface area (Å²) < 4.78 is 27.9. The second-order valence-corrected chi connectivity index (χ2v) is 5.33. The van der Waals surface area contributed by atoms with E-state index >= 15 is 0 Å². The first-order chi connectivity index (χ1) is 9.05. The highest BCUT2D eigenvalue weighted by molar-refractivity contribution is 5.76. The lowest BCUT2D eigenvalue weighted by Crippen LogP contribution is -2.27. The minimum absolute atomic E-state index is 0.00868. The van der Waals surface area contributed by atoms with Crippen LogP contribution in [0.2, 0.25) is 0 Å². The highest BCUT2D eigenvalue weighted by atomic mass is 19.1. The molecule has 0 saturated carbocycles. The summed E-state index contributed by atoms with van der Waals surface area (Å²) >= 11 is 0. The molecule has 1 heterocycles. The summed E-state index contributed by atoms with van der Waals surface area (Å²) in [5.74, 6) is -1.30. The first-order valence-electron chi connectivity index (χ1n) is 6.74. The van der Waals surface area contributed by atoms with E-state index in [1.807, 2.05) is 0 Å². The first kappa shape index (κ1) is 14.0. The van der Waals surface area contributed by atoms with Crippen LogP contribution in [0.4, 0.5) is 14.5 Å². The molecule has 0 atom stereocenters. The van der Waals surface area contributed by atoms with Crippen LogP contribution in [0.1, 0.15) is 43.5 Å². The molecule has 0 unspecified atom stereocenters. The number of nitrogens with zero attached hydrogens (tertiary/aromatic N) is 1. The monoisotopic (exact) mass is 267 g/mol. The number of anilines is 1. The number of hydrogen-bond donors (Lipinski definition) is 0. The van der Waals surface area contributed by atoms with Gasteiger partial charge in [0.1, 0.15) is 23.6 Å². The zero-order chi connectivity index (χ0) is 14.0. The van der Waals surface area contributed by atoms with Crippen LogP contribution < -0.4 is 4.90 Å². The van der Waals surface area contributed by atoms with Crippen LogP contribution in [-0.2, 0) is 0 Å². The van der Waals surface area contributed by atoms with Crippen LogP contribution in [-0.4, -0.2) is 19.4 Å². The average molecular weight is 267 g/mol. The van der Waals surface area contributed by atoms with Gasteiger partial charge in [-0.1, -0.05) is 13.8 Å². The van der Waals surface area contributed by atoms with Gasteiger partial charge in [-0.2, -0.15) is 0 Å². The van der Waals surface area contributed by atoms with Crippen LogP contribution in [0.25, 0.3) is 0 Å². The minimum Gasteiger partial charge on any atom is -0.366 e.